The highest BCUT2D eigenvalue weighted by Crippen LogP contribution is 2.16. The number of benzene rings is 1. The summed E-state index contributed by atoms with van der Waals surface area (Å²) >= 11 is 0. The first-order valence-corrected chi connectivity index (χ1v) is 9.92. The lowest BCUT2D eigenvalue weighted by Gasteiger charge is -2.37. The molecule has 0 aliphatic carbocycles. The van der Waals surface area contributed by atoms with E-state index in [0.29, 0.717) is 32.1 Å². The van der Waals surface area contributed by atoms with E-state index in [-0.39, 0.29) is 17.8 Å². The topological polar surface area (TPSA) is 66.4 Å². The van der Waals surface area contributed by atoms with Crippen LogP contribution in [0.2, 0.25) is 0 Å². The minimum Gasteiger partial charge on any atom is -0.494 e. The monoisotopic (exact) mass is 392 g/mol. The van der Waals surface area contributed by atoms with Gasteiger partial charge in [-0.2, -0.15) is 0 Å². The summed E-state index contributed by atoms with van der Waals surface area (Å²) < 4.78 is 24.0. The van der Waals surface area contributed by atoms with Crippen LogP contribution in [0, 0.1) is 5.82 Å². The summed E-state index contributed by atoms with van der Waals surface area (Å²) in [7, 11) is 1.77. The van der Waals surface area contributed by atoms with Crippen LogP contribution in [0.25, 0.3) is 0 Å². The molecule has 2 aliphatic rings. The first kappa shape index (κ1) is 20.4. The zero-order valence-electron chi connectivity index (χ0n) is 16.4. The average molecular weight is 392 g/mol. The molecule has 0 bridgehead atoms. The van der Waals surface area contributed by atoms with Crippen LogP contribution >= 0.6 is 0 Å². The largest absolute Gasteiger partial charge is 0.494 e. The molecule has 3 rings (SSSR count). The summed E-state index contributed by atoms with van der Waals surface area (Å²) in [5.74, 6) is 1.36. The van der Waals surface area contributed by atoms with Crippen LogP contribution in [0.1, 0.15) is 19.3 Å². The van der Waals surface area contributed by atoms with Crippen LogP contribution < -0.4 is 10.1 Å². The van der Waals surface area contributed by atoms with Gasteiger partial charge in [0, 0.05) is 46.4 Å². The Balaban J connectivity index is 1.34. The molecule has 1 N–H and O–H groups in total. The Morgan fingerprint density at radius 1 is 1.25 bits per heavy atom. The van der Waals surface area contributed by atoms with Gasteiger partial charge in [0.1, 0.15) is 17.7 Å². The van der Waals surface area contributed by atoms with Crippen molar-refractivity contribution in [1.29, 1.82) is 0 Å². The summed E-state index contributed by atoms with van der Waals surface area (Å²) in [6.45, 7) is 4.84. The van der Waals surface area contributed by atoms with Crippen molar-refractivity contribution in [2.75, 3.05) is 53.0 Å². The molecule has 2 heterocycles. The molecule has 1 amide bonds. The van der Waals surface area contributed by atoms with Gasteiger partial charge < -0.3 is 24.6 Å². The third-order valence-corrected chi connectivity index (χ3v) is 4.99. The van der Waals surface area contributed by atoms with Crippen molar-refractivity contribution < 1.29 is 18.7 Å². The Morgan fingerprint density at radius 2 is 1.96 bits per heavy atom. The third-order valence-electron chi connectivity index (χ3n) is 4.99. The SMILES string of the molecule is CN=C(NCCCOc1ccc(F)cc1)N1CCN(C(=O)C2CCCO2)CC1. The van der Waals surface area contributed by atoms with Crippen LogP contribution in [0.4, 0.5) is 4.39 Å². The van der Waals surface area contributed by atoms with E-state index >= 15 is 0 Å². The summed E-state index contributed by atoms with van der Waals surface area (Å²) in [6.07, 6.45) is 2.36. The highest BCUT2D eigenvalue weighted by Gasteiger charge is 2.30. The maximum Gasteiger partial charge on any atom is 0.251 e. The lowest BCUT2D eigenvalue weighted by Crippen LogP contribution is -2.55. The number of carbonyl (C=O) groups is 1. The molecule has 154 valence electrons. The highest BCUT2D eigenvalue weighted by molar-refractivity contribution is 5.82. The molecule has 0 saturated carbocycles. The number of amides is 1. The second-order valence-corrected chi connectivity index (χ2v) is 6.94. The number of guanidine groups is 1. The molecule has 2 fully saturated rings. The van der Waals surface area contributed by atoms with Gasteiger partial charge in [0.2, 0.25) is 0 Å². The van der Waals surface area contributed by atoms with E-state index in [9.17, 15) is 9.18 Å². The zero-order chi connectivity index (χ0) is 19.8. The number of halogens is 1. The molecule has 8 heteroatoms. The molecule has 2 aliphatic heterocycles. The van der Waals surface area contributed by atoms with Gasteiger partial charge in [0.25, 0.3) is 5.91 Å². The van der Waals surface area contributed by atoms with Crippen LogP contribution in [0.3, 0.4) is 0 Å². The van der Waals surface area contributed by atoms with Crippen molar-refractivity contribution in [1.82, 2.24) is 15.1 Å². The number of nitrogens with one attached hydrogen (secondary N) is 1. The number of aliphatic imine (C=N–C) groups is 1. The van der Waals surface area contributed by atoms with E-state index in [1.165, 1.54) is 12.1 Å². The predicted octanol–water partition coefficient (Wildman–Crippen LogP) is 1.49. The van der Waals surface area contributed by atoms with E-state index in [4.69, 9.17) is 9.47 Å². The fourth-order valence-electron chi connectivity index (χ4n) is 3.44. The number of hydrogen-bond acceptors (Lipinski definition) is 4. The number of ether oxygens (including phenoxy) is 2. The van der Waals surface area contributed by atoms with Crippen LogP contribution in [-0.4, -0.2) is 80.8 Å². The maximum atomic E-state index is 12.9. The van der Waals surface area contributed by atoms with Gasteiger partial charge in [-0.05, 0) is 43.5 Å². The van der Waals surface area contributed by atoms with Crippen molar-refractivity contribution in [3.63, 3.8) is 0 Å². The standard InChI is InChI=1S/C20H29FN4O3/c1-22-20(23-9-3-15-27-17-7-5-16(21)6-8-17)25-12-10-24(11-13-25)19(26)18-4-2-14-28-18/h5-8,18H,2-4,9-15H2,1H3,(H,22,23). The Kier molecular flexibility index (Phi) is 7.47. The Labute approximate surface area is 165 Å². The molecule has 1 aromatic carbocycles. The first-order valence-electron chi connectivity index (χ1n) is 9.92. The summed E-state index contributed by atoms with van der Waals surface area (Å²) in [4.78, 5) is 20.8. The van der Waals surface area contributed by atoms with Gasteiger partial charge in [-0.15, -0.1) is 0 Å². The van der Waals surface area contributed by atoms with Gasteiger partial charge in [-0.25, -0.2) is 4.39 Å². The molecular weight excluding hydrogens is 363 g/mol. The minimum atomic E-state index is -0.268. The van der Waals surface area contributed by atoms with Gasteiger partial charge >= 0.3 is 0 Å². The molecule has 0 spiro atoms. The van der Waals surface area contributed by atoms with Crippen molar-refractivity contribution >= 4 is 11.9 Å². The zero-order valence-corrected chi connectivity index (χ0v) is 16.4. The number of hydrogen-bond donors (Lipinski definition) is 1. The molecule has 1 atom stereocenters. The summed E-state index contributed by atoms with van der Waals surface area (Å²) in [6, 6.07) is 6.02. The predicted molar refractivity (Wildman–Crippen MR) is 105 cm³/mol. The fraction of sp³-hybridized carbons (Fsp3) is 0.600. The van der Waals surface area contributed by atoms with Gasteiger partial charge in [-0.3, -0.25) is 9.79 Å². The van der Waals surface area contributed by atoms with Crippen molar-refractivity contribution in [2.45, 2.75) is 25.4 Å². The highest BCUT2D eigenvalue weighted by atomic mass is 19.1. The molecule has 7 nitrogen and oxygen atoms in total. The van der Waals surface area contributed by atoms with Gasteiger partial charge in [-0.1, -0.05) is 0 Å². The lowest BCUT2D eigenvalue weighted by atomic mass is 10.2. The summed E-state index contributed by atoms with van der Waals surface area (Å²) in [5, 5.41) is 3.34. The third kappa shape index (κ3) is 5.58. The van der Waals surface area contributed by atoms with E-state index in [2.05, 4.69) is 15.2 Å². The fourth-order valence-corrected chi connectivity index (χ4v) is 3.44. The lowest BCUT2D eigenvalue weighted by molar-refractivity contribution is -0.142. The van der Waals surface area contributed by atoms with Crippen molar-refractivity contribution in [3.8, 4) is 5.75 Å². The van der Waals surface area contributed by atoms with E-state index in [1.807, 2.05) is 4.90 Å². The molecule has 1 unspecified atom stereocenters. The number of piperazine rings is 1. The van der Waals surface area contributed by atoms with Crippen molar-refractivity contribution in [3.05, 3.63) is 30.1 Å². The van der Waals surface area contributed by atoms with Gasteiger partial charge in [0.15, 0.2) is 5.96 Å². The molecule has 28 heavy (non-hydrogen) atoms. The van der Waals surface area contributed by atoms with Crippen LogP contribution in [0.15, 0.2) is 29.3 Å². The molecule has 2 saturated heterocycles. The van der Waals surface area contributed by atoms with E-state index in [0.717, 1.165) is 44.9 Å². The van der Waals surface area contributed by atoms with Gasteiger partial charge in [0.05, 0.1) is 6.61 Å². The Hall–Kier alpha value is -2.35. The number of carbonyl (C=O) groups excluding carboxylic acids is 1. The minimum absolute atomic E-state index is 0.123. The maximum absolute atomic E-state index is 12.9. The quantitative estimate of drug-likeness (QED) is 0.451. The Bertz CT molecular complexity index is 654. The first-order chi connectivity index (χ1) is 13.7. The molecular formula is C20H29FN4O3. The van der Waals surface area contributed by atoms with Crippen LogP contribution in [0.5, 0.6) is 5.75 Å². The Morgan fingerprint density at radius 3 is 2.61 bits per heavy atom. The molecule has 1 aromatic rings. The second-order valence-electron chi connectivity index (χ2n) is 6.94. The smallest absolute Gasteiger partial charge is 0.251 e. The van der Waals surface area contributed by atoms with E-state index in [1.54, 1.807) is 19.2 Å². The number of rotatable bonds is 6. The molecule has 0 radical (unpaired) electrons. The van der Waals surface area contributed by atoms with E-state index < -0.39 is 0 Å². The number of nitrogens with zero attached hydrogens (tertiary/aromatic N) is 3. The summed E-state index contributed by atoms with van der Waals surface area (Å²) in [5.41, 5.74) is 0. The van der Waals surface area contributed by atoms with Crippen molar-refractivity contribution in [2.24, 2.45) is 4.99 Å². The second kappa shape index (κ2) is 10.3. The average Bonchev–Trinajstić information content (AvgIpc) is 3.27. The van der Waals surface area contributed by atoms with Crippen LogP contribution in [-0.2, 0) is 9.53 Å². The molecule has 0 aromatic heterocycles. The normalized spacial score (nSPS) is 20.4.